The molecule has 5 heteroatoms. The normalized spacial score (nSPS) is 17.6. The van der Waals surface area contributed by atoms with Crippen molar-refractivity contribution in [1.29, 1.82) is 0 Å². The Morgan fingerprint density at radius 2 is 2.41 bits per heavy atom. The highest BCUT2D eigenvalue weighted by Crippen LogP contribution is 2.18. The zero-order chi connectivity index (χ0) is 12.4. The van der Waals surface area contributed by atoms with Gasteiger partial charge < -0.3 is 14.7 Å². The quantitative estimate of drug-likeness (QED) is 0.841. The first-order valence-electron chi connectivity index (χ1n) is 5.96. The average molecular weight is 237 g/mol. The summed E-state index contributed by atoms with van der Waals surface area (Å²) in [6.07, 6.45) is 0. The van der Waals surface area contributed by atoms with Crippen molar-refractivity contribution in [3.8, 4) is 0 Å². The predicted octanol–water partition coefficient (Wildman–Crippen LogP) is 0.797. The minimum Gasteiger partial charge on any atom is -0.361 e. The molecule has 1 aromatic heterocycles. The molecule has 1 N–H and O–H groups in total. The van der Waals surface area contributed by atoms with Crippen molar-refractivity contribution in [2.45, 2.75) is 20.4 Å². The fourth-order valence-electron chi connectivity index (χ4n) is 2.03. The average Bonchev–Trinajstić information content (AvgIpc) is 2.60. The van der Waals surface area contributed by atoms with Gasteiger partial charge in [-0.2, -0.15) is 0 Å². The van der Waals surface area contributed by atoms with Crippen molar-refractivity contribution in [3.05, 3.63) is 17.5 Å². The van der Waals surface area contributed by atoms with Gasteiger partial charge in [0.25, 0.3) is 0 Å². The summed E-state index contributed by atoms with van der Waals surface area (Å²) >= 11 is 0. The minimum absolute atomic E-state index is 0.0780. The van der Waals surface area contributed by atoms with Crippen LogP contribution >= 0.6 is 0 Å². The predicted molar refractivity (Wildman–Crippen MR) is 63.2 cm³/mol. The Bertz CT molecular complexity index is 398. The first-order chi connectivity index (χ1) is 8.08. The van der Waals surface area contributed by atoms with Crippen LogP contribution in [0.2, 0.25) is 0 Å². The minimum atomic E-state index is 0.0780. The number of hydrogen-bond acceptors (Lipinski definition) is 4. The van der Waals surface area contributed by atoms with Gasteiger partial charge in [0.15, 0.2) is 0 Å². The highest BCUT2D eigenvalue weighted by atomic mass is 16.5. The van der Waals surface area contributed by atoms with Crippen LogP contribution in [0.5, 0.6) is 0 Å². The number of nitrogens with one attached hydrogen (secondary N) is 1. The first kappa shape index (κ1) is 12.1. The van der Waals surface area contributed by atoms with E-state index in [0.29, 0.717) is 12.5 Å². The van der Waals surface area contributed by atoms with Crippen LogP contribution in [0, 0.1) is 18.8 Å². The van der Waals surface area contributed by atoms with Crippen LogP contribution in [0.25, 0.3) is 0 Å². The standard InChI is InChI=1S/C12H19N3O2/c1-8-4-11(14-17-8)7-15(3)12(16)9(2)10-5-13-6-10/h4,9-10,13H,5-7H2,1-3H3. The number of carbonyl (C=O) groups is 1. The van der Waals surface area contributed by atoms with Crippen LogP contribution in [-0.2, 0) is 11.3 Å². The third-order valence-corrected chi connectivity index (χ3v) is 3.36. The van der Waals surface area contributed by atoms with Gasteiger partial charge in [-0.25, -0.2) is 0 Å². The van der Waals surface area contributed by atoms with Crippen LogP contribution in [0.1, 0.15) is 18.4 Å². The van der Waals surface area contributed by atoms with E-state index in [0.717, 1.165) is 24.5 Å². The van der Waals surface area contributed by atoms with Gasteiger partial charge in [0.1, 0.15) is 11.5 Å². The van der Waals surface area contributed by atoms with Crippen molar-refractivity contribution >= 4 is 5.91 Å². The summed E-state index contributed by atoms with van der Waals surface area (Å²) in [7, 11) is 1.81. The molecule has 1 fully saturated rings. The third-order valence-electron chi connectivity index (χ3n) is 3.36. The van der Waals surface area contributed by atoms with Crippen molar-refractivity contribution in [3.63, 3.8) is 0 Å². The number of aryl methyl sites for hydroxylation is 1. The second-order valence-electron chi connectivity index (χ2n) is 4.83. The Morgan fingerprint density at radius 3 is 2.88 bits per heavy atom. The van der Waals surface area contributed by atoms with E-state index in [9.17, 15) is 4.79 Å². The molecule has 2 heterocycles. The number of amides is 1. The molecule has 5 nitrogen and oxygen atoms in total. The summed E-state index contributed by atoms with van der Waals surface area (Å²) in [5.74, 6) is 1.51. The molecule has 0 spiro atoms. The van der Waals surface area contributed by atoms with E-state index < -0.39 is 0 Å². The second kappa shape index (κ2) is 4.87. The highest BCUT2D eigenvalue weighted by Gasteiger charge is 2.30. The van der Waals surface area contributed by atoms with E-state index in [1.165, 1.54) is 0 Å². The number of aromatic nitrogens is 1. The van der Waals surface area contributed by atoms with Gasteiger partial charge in [0.05, 0.1) is 6.54 Å². The zero-order valence-corrected chi connectivity index (χ0v) is 10.6. The second-order valence-corrected chi connectivity index (χ2v) is 4.83. The molecule has 0 aromatic carbocycles. The van der Waals surface area contributed by atoms with Crippen molar-refractivity contribution in [2.75, 3.05) is 20.1 Å². The monoisotopic (exact) mass is 237 g/mol. The summed E-state index contributed by atoms with van der Waals surface area (Å²) in [6.45, 7) is 6.26. The SMILES string of the molecule is Cc1cc(CN(C)C(=O)C(C)C2CNC2)no1. The van der Waals surface area contributed by atoms with Gasteiger partial charge in [-0.05, 0) is 25.9 Å². The summed E-state index contributed by atoms with van der Waals surface area (Å²) in [4.78, 5) is 13.9. The van der Waals surface area contributed by atoms with E-state index in [4.69, 9.17) is 4.52 Å². The Labute approximate surface area is 101 Å². The maximum absolute atomic E-state index is 12.1. The van der Waals surface area contributed by atoms with Gasteiger partial charge >= 0.3 is 0 Å². The molecule has 1 unspecified atom stereocenters. The van der Waals surface area contributed by atoms with Gasteiger partial charge in [0.2, 0.25) is 5.91 Å². The van der Waals surface area contributed by atoms with Crippen LogP contribution in [0.3, 0.4) is 0 Å². The van der Waals surface area contributed by atoms with Gasteiger partial charge in [0, 0.05) is 19.0 Å². The molecule has 94 valence electrons. The molecule has 1 aliphatic heterocycles. The number of hydrogen-bond donors (Lipinski definition) is 1. The van der Waals surface area contributed by atoms with Crippen molar-refractivity contribution in [1.82, 2.24) is 15.4 Å². The molecule has 1 saturated heterocycles. The molecule has 0 radical (unpaired) electrons. The summed E-state index contributed by atoms with van der Waals surface area (Å²) < 4.78 is 4.99. The molecule has 0 saturated carbocycles. The molecule has 0 bridgehead atoms. The molecule has 2 rings (SSSR count). The largest absolute Gasteiger partial charge is 0.361 e. The molecule has 1 atom stereocenters. The molecular formula is C12H19N3O2. The first-order valence-corrected chi connectivity index (χ1v) is 5.96. The lowest BCUT2D eigenvalue weighted by molar-refractivity contribution is -0.136. The van der Waals surface area contributed by atoms with E-state index in [1.807, 2.05) is 27.0 Å². The molecular weight excluding hydrogens is 218 g/mol. The number of carbonyl (C=O) groups excluding carboxylic acids is 1. The van der Waals surface area contributed by atoms with E-state index >= 15 is 0 Å². The molecule has 1 aromatic rings. The van der Waals surface area contributed by atoms with Gasteiger partial charge in [-0.3, -0.25) is 4.79 Å². The summed E-state index contributed by atoms with van der Waals surface area (Å²) in [6, 6.07) is 1.86. The summed E-state index contributed by atoms with van der Waals surface area (Å²) in [5, 5.41) is 7.09. The Kier molecular flexibility index (Phi) is 3.47. The fraction of sp³-hybridized carbons (Fsp3) is 0.667. The number of nitrogens with zero attached hydrogens (tertiary/aromatic N) is 2. The summed E-state index contributed by atoms with van der Waals surface area (Å²) in [5.41, 5.74) is 0.803. The van der Waals surface area contributed by atoms with E-state index in [2.05, 4.69) is 10.5 Å². The van der Waals surface area contributed by atoms with E-state index in [-0.39, 0.29) is 11.8 Å². The van der Waals surface area contributed by atoms with Gasteiger partial charge in [-0.15, -0.1) is 0 Å². The lowest BCUT2D eigenvalue weighted by Crippen LogP contribution is -2.49. The maximum atomic E-state index is 12.1. The molecule has 17 heavy (non-hydrogen) atoms. The van der Waals surface area contributed by atoms with Crippen LogP contribution in [0.15, 0.2) is 10.6 Å². The maximum Gasteiger partial charge on any atom is 0.225 e. The van der Waals surface area contributed by atoms with E-state index in [1.54, 1.807) is 4.90 Å². The Balaban J connectivity index is 1.90. The Hall–Kier alpha value is -1.36. The van der Waals surface area contributed by atoms with Crippen LogP contribution in [0.4, 0.5) is 0 Å². The molecule has 0 aliphatic carbocycles. The van der Waals surface area contributed by atoms with Crippen molar-refractivity contribution in [2.24, 2.45) is 11.8 Å². The molecule has 1 amide bonds. The lowest BCUT2D eigenvalue weighted by atomic mass is 9.88. The molecule has 1 aliphatic rings. The van der Waals surface area contributed by atoms with Crippen molar-refractivity contribution < 1.29 is 9.32 Å². The van der Waals surface area contributed by atoms with Crippen LogP contribution in [-0.4, -0.2) is 36.1 Å². The number of rotatable bonds is 4. The third kappa shape index (κ3) is 2.66. The Morgan fingerprint density at radius 1 is 1.71 bits per heavy atom. The smallest absolute Gasteiger partial charge is 0.225 e. The van der Waals surface area contributed by atoms with Gasteiger partial charge in [-0.1, -0.05) is 12.1 Å². The highest BCUT2D eigenvalue weighted by molar-refractivity contribution is 5.78. The van der Waals surface area contributed by atoms with Crippen LogP contribution < -0.4 is 5.32 Å². The lowest BCUT2D eigenvalue weighted by Gasteiger charge is -2.33. The fourth-order valence-corrected chi connectivity index (χ4v) is 2.03. The topological polar surface area (TPSA) is 58.4 Å². The zero-order valence-electron chi connectivity index (χ0n) is 10.6.